The van der Waals surface area contributed by atoms with E-state index >= 15 is 0 Å². The maximum atomic E-state index is 13.4. The monoisotopic (exact) mass is 472 g/mol. The molecule has 8 heteroatoms. The lowest BCUT2D eigenvalue weighted by Crippen LogP contribution is -2.29. The van der Waals surface area contributed by atoms with Crippen LogP contribution in [-0.2, 0) is 9.59 Å². The van der Waals surface area contributed by atoms with Gasteiger partial charge >= 0.3 is 0 Å². The number of nitrogens with zero attached hydrogens (tertiary/aromatic N) is 1. The minimum absolute atomic E-state index is 0.00487. The van der Waals surface area contributed by atoms with Crippen molar-refractivity contribution in [3.8, 4) is 11.5 Å². The Bertz CT molecular complexity index is 1510. The smallest absolute Gasteiger partial charge is 0.300 e. The number of amides is 1. The van der Waals surface area contributed by atoms with Crippen LogP contribution in [0.15, 0.2) is 78.5 Å². The molecule has 1 unspecified atom stereocenters. The zero-order valence-electron chi connectivity index (χ0n) is 17.6. The van der Waals surface area contributed by atoms with Gasteiger partial charge in [-0.2, -0.15) is 0 Å². The first kappa shape index (κ1) is 20.4. The van der Waals surface area contributed by atoms with Gasteiger partial charge in [-0.05, 0) is 42.5 Å². The zero-order chi connectivity index (χ0) is 23.4. The van der Waals surface area contributed by atoms with Crippen LogP contribution in [0.25, 0.3) is 16.7 Å². The van der Waals surface area contributed by atoms with Crippen molar-refractivity contribution >= 4 is 45.6 Å². The predicted molar refractivity (Wildman–Crippen MR) is 127 cm³/mol. The first-order valence-electron chi connectivity index (χ1n) is 10.6. The van der Waals surface area contributed by atoms with Crippen LogP contribution < -0.4 is 14.4 Å². The molecule has 0 saturated carbocycles. The highest BCUT2D eigenvalue weighted by molar-refractivity contribution is 6.52. The second-order valence-electron chi connectivity index (χ2n) is 8.00. The first-order valence-corrected chi connectivity index (χ1v) is 10.9. The summed E-state index contributed by atoms with van der Waals surface area (Å²) >= 11 is 6.00. The minimum Gasteiger partial charge on any atom is -0.507 e. The summed E-state index contributed by atoms with van der Waals surface area (Å²) in [5.74, 6) is -0.751. The molecule has 3 aromatic carbocycles. The van der Waals surface area contributed by atoms with Gasteiger partial charge in [0.05, 0.1) is 11.6 Å². The highest BCUT2D eigenvalue weighted by Gasteiger charge is 2.48. The van der Waals surface area contributed by atoms with Gasteiger partial charge in [-0.1, -0.05) is 29.8 Å². The molecule has 1 saturated heterocycles. The third-order valence-electron chi connectivity index (χ3n) is 6.11. The fourth-order valence-corrected chi connectivity index (χ4v) is 4.64. The third kappa shape index (κ3) is 3.05. The molecule has 1 aromatic heterocycles. The van der Waals surface area contributed by atoms with E-state index < -0.39 is 17.7 Å². The Morgan fingerprint density at radius 2 is 1.76 bits per heavy atom. The third-order valence-corrected chi connectivity index (χ3v) is 6.36. The van der Waals surface area contributed by atoms with Crippen molar-refractivity contribution in [1.29, 1.82) is 0 Å². The van der Waals surface area contributed by atoms with E-state index in [2.05, 4.69) is 4.98 Å². The second-order valence-corrected chi connectivity index (χ2v) is 8.44. The molecule has 2 N–H and O–H groups in total. The molecule has 1 fully saturated rings. The Kier molecular flexibility index (Phi) is 4.60. The van der Waals surface area contributed by atoms with Gasteiger partial charge in [-0.15, -0.1) is 0 Å². The lowest BCUT2D eigenvalue weighted by Gasteiger charge is -2.25. The van der Waals surface area contributed by atoms with Gasteiger partial charge in [-0.3, -0.25) is 14.5 Å². The highest BCUT2D eigenvalue weighted by Crippen LogP contribution is 2.46. The SMILES string of the molecule is O=C1C(=O)N(c2ccc3c(c2)OCO3)C(c2c[nH]c3ccccc23)/C1=C(\O)c1ccc(Cl)cc1. The van der Waals surface area contributed by atoms with Crippen LogP contribution >= 0.6 is 11.6 Å². The van der Waals surface area contributed by atoms with Crippen molar-refractivity contribution in [1.82, 2.24) is 4.98 Å². The number of para-hydroxylation sites is 1. The van der Waals surface area contributed by atoms with Gasteiger partial charge in [0.1, 0.15) is 5.76 Å². The fourth-order valence-electron chi connectivity index (χ4n) is 4.51. The Hall–Kier alpha value is -4.23. The summed E-state index contributed by atoms with van der Waals surface area (Å²) in [5, 5.41) is 12.6. The van der Waals surface area contributed by atoms with Gasteiger partial charge < -0.3 is 19.6 Å². The summed E-state index contributed by atoms with van der Waals surface area (Å²) in [5.41, 5.74) is 2.37. The molecule has 0 spiro atoms. The van der Waals surface area contributed by atoms with E-state index in [0.717, 1.165) is 10.9 Å². The van der Waals surface area contributed by atoms with Crippen molar-refractivity contribution in [2.45, 2.75) is 6.04 Å². The topological polar surface area (TPSA) is 91.9 Å². The molecule has 0 radical (unpaired) electrons. The number of ether oxygens (including phenoxy) is 2. The molecule has 34 heavy (non-hydrogen) atoms. The normalized spacial score (nSPS) is 18.7. The molecule has 0 bridgehead atoms. The Morgan fingerprint density at radius 1 is 1.00 bits per heavy atom. The lowest BCUT2D eigenvalue weighted by molar-refractivity contribution is -0.132. The number of Topliss-reactive ketones (excluding diaryl/α,β-unsaturated/α-hetero) is 1. The number of rotatable bonds is 3. The van der Waals surface area contributed by atoms with Crippen molar-refractivity contribution in [2.75, 3.05) is 11.7 Å². The Morgan fingerprint density at radius 3 is 2.59 bits per heavy atom. The van der Waals surface area contributed by atoms with Crippen LogP contribution in [0.2, 0.25) is 5.02 Å². The number of hydrogen-bond donors (Lipinski definition) is 2. The summed E-state index contributed by atoms with van der Waals surface area (Å²) in [6, 6.07) is 18.2. The summed E-state index contributed by atoms with van der Waals surface area (Å²) in [6.07, 6.45) is 1.76. The molecule has 2 aliphatic rings. The van der Waals surface area contributed by atoms with Crippen LogP contribution in [0.1, 0.15) is 17.2 Å². The van der Waals surface area contributed by atoms with E-state index in [9.17, 15) is 14.7 Å². The van der Waals surface area contributed by atoms with E-state index in [4.69, 9.17) is 21.1 Å². The molecule has 6 rings (SSSR count). The standard InChI is InChI=1S/C26H17ClN2O5/c27-15-7-5-14(6-8-15)24(30)22-23(18-12-28-19-4-2-1-3-17(18)19)29(26(32)25(22)31)16-9-10-20-21(11-16)34-13-33-20/h1-12,23,28,30H,13H2/b24-22+. The number of carbonyl (C=O) groups is 2. The maximum Gasteiger partial charge on any atom is 0.300 e. The number of aromatic nitrogens is 1. The van der Waals surface area contributed by atoms with Gasteiger partial charge in [0.25, 0.3) is 11.7 Å². The molecule has 1 atom stereocenters. The number of halogens is 1. The molecule has 2 aliphatic heterocycles. The number of fused-ring (bicyclic) bond motifs is 2. The summed E-state index contributed by atoms with van der Waals surface area (Å²) < 4.78 is 10.9. The van der Waals surface area contributed by atoms with E-state index in [1.54, 1.807) is 48.7 Å². The summed E-state index contributed by atoms with van der Waals surface area (Å²) in [4.78, 5) is 31.3. The fraction of sp³-hybridized carbons (Fsp3) is 0.0769. The first-order chi connectivity index (χ1) is 16.5. The number of hydrogen-bond acceptors (Lipinski definition) is 5. The van der Waals surface area contributed by atoms with E-state index in [0.29, 0.717) is 33.3 Å². The van der Waals surface area contributed by atoms with Crippen molar-refractivity contribution < 1.29 is 24.2 Å². The van der Waals surface area contributed by atoms with E-state index in [1.165, 1.54) is 4.90 Å². The summed E-state index contributed by atoms with van der Waals surface area (Å²) in [6.45, 7) is 0.0834. The zero-order valence-corrected chi connectivity index (χ0v) is 18.4. The van der Waals surface area contributed by atoms with Crippen LogP contribution in [-0.4, -0.2) is 28.6 Å². The number of H-pyrrole nitrogens is 1. The second kappa shape index (κ2) is 7.67. The van der Waals surface area contributed by atoms with Gasteiger partial charge in [0, 0.05) is 45.0 Å². The van der Waals surface area contributed by atoms with Crippen LogP contribution in [0, 0.1) is 0 Å². The van der Waals surface area contributed by atoms with Crippen LogP contribution in [0.4, 0.5) is 5.69 Å². The number of aliphatic hydroxyl groups is 1. The molecule has 4 aromatic rings. The highest BCUT2D eigenvalue weighted by atomic mass is 35.5. The van der Waals surface area contributed by atoms with Crippen molar-refractivity contribution in [3.63, 3.8) is 0 Å². The summed E-state index contributed by atoms with van der Waals surface area (Å²) in [7, 11) is 0. The van der Waals surface area contributed by atoms with Crippen molar-refractivity contribution in [3.05, 3.63) is 94.6 Å². The van der Waals surface area contributed by atoms with E-state index in [1.807, 2.05) is 24.3 Å². The number of anilines is 1. The average Bonchev–Trinajstić information content (AvgIpc) is 3.55. The maximum absolute atomic E-state index is 13.4. The van der Waals surface area contributed by atoms with Crippen LogP contribution in [0.5, 0.6) is 11.5 Å². The van der Waals surface area contributed by atoms with Gasteiger partial charge in [0.2, 0.25) is 6.79 Å². The molecule has 0 aliphatic carbocycles. The van der Waals surface area contributed by atoms with E-state index in [-0.39, 0.29) is 18.1 Å². The van der Waals surface area contributed by atoms with Gasteiger partial charge in [0.15, 0.2) is 11.5 Å². The molecule has 1 amide bonds. The average molecular weight is 473 g/mol. The largest absolute Gasteiger partial charge is 0.507 e. The lowest BCUT2D eigenvalue weighted by atomic mass is 9.94. The quantitative estimate of drug-likeness (QED) is 0.243. The number of aliphatic hydroxyl groups excluding tert-OH is 1. The minimum atomic E-state index is -0.868. The van der Waals surface area contributed by atoms with Crippen molar-refractivity contribution in [2.24, 2.45) is 0 Å². The molecule has 168 valence electrons. The molecule has 3 heterocycles. The predicted octanol–water partition coefficient (Wildman–Crippen LogP) is 5.18. The molecular weight excluding hydrogens is 456 g/mol. The number of nitrogens with one attached hydrogen (secondary N) is 1. The van der Waals surface area contributed by atoms with Gasteiger partial charge in [-0.25, -0.2) is 0 Å². The Balaban J connectivity index is 1.59. The number of carbonyl (C=O) groups excluding carboxylic acids is 2. The molecular formula is C26H17ClN2O5. The molecule has 7 nitrogen and oxygen atoms in total. The Labute approximate surface area is 198 Å². The number of aromatic amines is 1. The van der Waals surface area contributed by atoms with Crippen LogP contribution in [0.3, 0.4) is 0 Å². The number of benzene rings is 3. The number of ketones is 1.